The number of oxime groups is 1. The molecule has 3 aromatic rings. The van der Waals surface area contributed by atoms with Crippen molar-refractivity contribution in [2.75, 3.05) is 10.8 Å². The van der Waals surface area contributed by atoms with Crippen LogP contribution in [0.4, 0.5) is 18.9 Å². The van der Waals surface area contributed by atoms with Crippen molar-refractivity contribution in [2.45, 2.75) is 17.5 Å². The highest BCUT2D eigenvalue weighted by Gasteiger charge is 2.32. The molecular weight excluding hydrogens is 443 g/mol. The van der Waals surface area contributed by atoms with Crippen molar-refractivity contribution < 1.29 is 26.8 Å². The first-order valence-corrected chi connectivity index (χ1v) is 11.0. The summed E-state index contributed by atoms with van der Waals surface area (Å²) in [5.41, 5.74) is 7.81. The molecule has 32 heavy (non-hydrogen) atoms. The van der Waals surface area contributed by atoms with Gasteiger partial charge in [0.25, 0.3) is 10.0 Å². The molecular formula is C22H18F3N3O3S. The largest absolute Gasteiger partial charge is 0.416 e. The minimum atomic E-state index is -4.40. The number of halogens is 3. The van der Waals surface area contributed by atoms with E-state index in [1.165, 1.54) is 40.7 Å². The van der Waals surface area contributed by atoms with Crippen LogP contribution in [-0.4, -0.2) is 26.0 Å². The van der Waals surface area contributed by atoms with Crippen LogP contribution in [0.15, 0.2) is 76.8 Å². The normalized spacial score (nSPS) is 14.5. The van der Waals surface area contributed by atoms with Gasteiger partial charge < -0.3 is 10.9 Å². The van der Waals surface area contributed by atoms with Crippen molar-refractivity contribution in [3.63, 3.8) is 0 Å². The molecule has 3 aromatic carbocycles. The Hall–Kier alpha value is -3.53. The molecule has 0 fully saturated rings. The zero-order chi connectivity index (χ0) is 23.1. The molecule has 0 amide bonds. The number of nitrogens with zero attached hydrogens (tertiary/aromatic N) is 2. The quantitative estimate of drug-likeness (QED) is 0.263. The molecule has 166 valence electrons. The van der Waals surface area contributed by atoms with E-state index in [1.54, 1.807) is 18.2 Å². The average Bonchev–Trinajstić information content (AvgIpc) is 3.22. The SMILES string of the molecule is NC(=NO)c1ccc(S(=O)(=O)N2CCc3cc(-c4ccc(C(F)(F)F)cc4)ccc32)cc1. The maximum atomic E-state index is 13.1. The fourth-order valence-electron chi connectivity index (χ4n) is 3.64. The number of alkyl halides is 3. The van der Waals surface area contributed by atoms with Crippen LogP contribution >= 0.6 is 0 Å². The van der Waals surface area contributed by atoms with Crippen LogP contribution in [0, 0.1) is 0 Å². The highest BCUT2D eigenvalue weighted by atomic mass is 32.2. The van der Waals surface area contributed by atoms with Crippen molar-refractivity contribution in [2.24, 2.45) is 10.9 Å². The molecule has 0 saturated heterocycles. The molecule has 0 spiro atoms. The van der Waals surface area contributed by atoms with Gasteiger partial charge in [-0.1, -0.05) is 23.4 Å². The molecule has 0 atom stereocenters. The Labute approximate surface area is 182 Å². The van der Waals surface area contributed by atoms with Gasteiger partial charge in [0.2, 0.25) is 0 Å². The van der Waals surface area contributed by atoms with Crippen molar-refractivity contribution in [1.29, 1.82) is 0 Å². The van der Waals surface area contributed by atoms with E-state index in [-0.39, 0.29) is 17.3 Å². The monoisotopic (exact) mass is 461 g/mol. The van der Waals surface area contributed by atoms with Gasteiger partial charge in [0.1, 0.15) is 0 Å². The molecule has 0 aliphatic carbocycles. The summed E-state index contributed by atoms with van der Waals surface area (Å²) >= 11 is 0. The van der Waals surface area contributed by atoms with Gasteiger partial charge in [0.05, 0.1) is 16.1 Å². The Kier molecular flexibility index (Phi) is 5.33. The van der Waals surface area contributed by atoms with Crippen LogP contribution in [0.1, 0.15) is 16.7 Å². The van der Waals surface area contributed by atoms with Gasteiger partial charge >= 0.3 is 6.18 Å². The summed E-state index contributed by atoms with van der Waals surface area (Å²) in [6.07, 6.45) is -3.93. The Balaban J connectivity index is 1.62. The minimum absolute atomic E-state index is 0.0617. The minimum Gasteiger partial charge on any atom is -0.409 e. The predicted molar refractivity (Wildman–Crippen MR) is 114 cm³/mol. The smallest absolute Gasteiger partial charge is 0.409 e. The molecule has 3 N–H and O–H groups in total. The number of anilines is 1. The number of amidine groups is 1. The summed E-state index contributed by atoms with van der Waals surface area (Å²) in [7, 11) is -3.84. The third-order valence-electron chi connectivity index (χ3n) is 5.32. The van der Waals surface area contributed by atoms with Gasteiger partial charge in [-0.15, -0.1) is 0 Å². The molecule has 0 aromatic heterocycles. The van der Waals surface area contributed by atoms with E-state index in [0.717, 1.165) is 17.7 Å². The molecule has 0 bridgehead atoms. The van der Waals surface area contributed by atoms with Gasteiger partial charge in [-0.25, -0.2) is 8.42 Å². The summed E-state index contributed by atoms with van der Waals surface area (Å²) in [5.74, 6) is -0.128. The number of sulfonamides is 1. The first kappa shape index (κ1) is 21.7. The lowest BCUT2D eigenvalue weighted by Gasteiger charge is -2.20. The van der Waals surface area contributed by atoms with Gasteiger partial charge in [0, 0.05) is 12.1 Å². The molecule has 1 aliphatic rings. The Morgan fingerprint density at radius 1 is 0.969 bits per heavy atom. The fraction of sp³-hybridized carbons (Fsp3) is 0.136. The van der Waals surface area contributed by atoms with Crippen molar-refractivity contribution >= 4 is 21.5 Å². The molecule has 4 rings (SSSR count). The average molecular weight is 461 g/mol. The Morgan fingerprint density at radius 2 is 1.59 bits per heavy atom. The third kappa shape index (κ3) is 3.89. The van der Waals surface area contributed by atoms with Crippen LogP contribution in [0.25, 0.3) is 11.1 Å². The maximum absolute atomic E-state index is 13.1. The van der Waals surface area contributed by atoms with Gasteiger partial charge in [-0.2, -0.15) is 13.2 Å². The lowest BCUT2D eigenvalue weighted by atomic mass is 10.0. The molecule has 10 heteroatoms. The van der Waals surface area contributed by atoms with E-state index in [9.17, 15) is 21.6 Å². The van der Waals surface area contributed by atoms with Gasteiger partial charge in [-0.3, -0.25) is 4.31 Å². The van der Waals surface area contributed by atoms with Crippen molar-refractivity contribution in [3.8, 4) is 11.1 Å². The summed E-state index contributed by atoms with van der Waals surface area (Å²) < 4.78 is 66.0. The number of rotatable bonds is 4. The predicted octanol–water partition coefficient (Wildman–Crippen LogP) is 4.22. The molecule has 0 saturated carbocycles. The first-order valence-electron chi connectivity index (χ1n) is 9.52. The Morgan fingerprint density at radius 3 is 2.19 bits per heavy atom. The highest BCUT2D eigenvalue weighted by molar-refractivity contribution is 7.92. The van der Waals surface area contributed by atoms with Gasteiger partial charge in [-0.05, 0) is 71.6 Å². The van der Waals surface area contributed by atoms with Crippen molar-refractivity contribution in [1.82, 2.24) is 0 Å². The summed E-state index contributed by atoms with van der Waals surface area (Å²) in [5, 5.41) is 11.6. The molecule has 1 heterocycles. The standard InChI is InChI=1S/C22H18F3N3O3S/c23-22(24,25)18-6-1-14(2-7-18)16-5-10-20-17(13-16)11-12-28(20)32(30,31)19-8-3-15(4-9-19)21(26)27-29/h1-10,13,29H,11-12H2,(H2,26,27). The second-order valence-electron chi connectivity index (χ2n) is 7.26. The van der Waals surface area contributed by atoms with Crippen LogP contribution in [-0.2, 0) is 22.6 Å². The van der Waals surface area contributed by atoms with Crippen LogP contribution in [0.2, 0.25) is 0 Å². The molecule has 0 unspecified atom stereocenters. The van der Waals surface area contributed by atoms with Crippen LogP contribution < -0.4 is 10.0 Å². The van der Waals surface area contributed by atoms with Crippen molar-refractivity contribution in [3.05, 3.63) is 83.4 Å². The molecule has 0 radical (unpaired) electrons. The van der Waals surface area contributed by atoms with E-state index in [4.69, 9.17) is 10.9 Å². The lowest BCUT2D eigenvalue weighted by molar-refractivity contribution is -0.137. The van der Waals surface area contributed by atoms with E-state index < -0.39 is 21.8 Å². The fourth-order valence-corrected chi connectivity index (χ4v) is 5.14. The topological polar surface area (TPSA) is 96.0 Å². The first-order chi connectivity index (χ1) is 15.1. The maximum Gasteiger partial charge on any atom is 0.416 e. The van der Waals surface area contributed by atoms with E-state index >= 15 is 0 Å². The highest BCUT2D eigenvalue weighted by Crippen LogP contribution is 2.37. The summed E-state index contributed by atoms with van der Waals surface area (Å²) in [6.45, 7) is 0.246. The second-order valence-corrected chi connectivity index (χ2v) is 9.12. The van der Waals surface area contributed by atoms with E-state index in [2.05, 4.69) is 5.16 Å². The van der Waals surface area contributed by atoms with E-state index in [1.807, 2.05) is 0 Å². The number of hydrogen-bond donors (Lipinski definition) is 2. The number of nitrogens with two attached hydrogens (primary N) is 1. The summed E-state index contributed by atoms with van der Waals surface area (Å²) in [6, 6.07) is 15.7. The van der Waals surface area contributed by atoms with Crippen LogP contribution in [0.5, 0.6) is 0 Å². The van der Waals surface area contributed by atoms with Crippen LogP contribution in [0.3, 0.4) is 0 Å². The van der Waals surface area contributed by atoms with Gasteiger partial charge in [0.15, 0.2) is 5.84 Å². The zero-order valence-corrected chi connectivity index (χ0v) is 17.4. The second kappa shape index (κ2) is 7.86. The zero-order valence-electron chi connectivity index (χ0n) is 16.5. The number of hydrogen-bond acceptors (Lipinski definition) is 4. The molecule has 1 aliphatic heterocycles. The molecule has 6 nitrogen and oxygen atoms in total. The lowest BCUT2D eigenvalue weighted by Crippen LogP contribution is -2.29. The number of benzene rings is 3. The van der Waals surface area contributed by atoms with E-state index in [0.29, 0.717) is 28.8 Å². The summed E-state index contributed by atoms with van der Waals surface area (Å²) in [4.78, 5) is 0.0617. The Bertz CT molecular complexity index is 1290. The third-order valence-corrected chi connectivity index (χ3v) is 7.15. The number of fused-ring (bicyclic) bond motifs is 1.